The Hall–Kier alpha value is -2.92. The average Bonchev–Trinajstić information content (AvgIpc) is 2.69. The highest BCUT2D eigenvalue weighted by atomic mass is 35.5. The third kappa shape index (κ3) is 4.49. The van der Waals surface area contributed by atoms with Crippen molar-refractivity contribution < 1.29 is 14.3 Å². The number of ether oxygens (including phenoxy) is 2. The molecule has 0 aliphatic rings. The summed E-state index contributed by atoms with van der Waals surface area (Å²) in [5.41, 5.74) is 3.14. The Bertz CT molecular complexity index is 970. The van der Waals surface area contributed by atoms with Gasteiger partial charge in [-0.15, -0.1) is 0 Å². The van der Waals surface area contributed by atoms with E-state index in [4.69, 9.17) is 21.1 Å². The van der Waals surface area contributed by atoms with Crippen molar-refractivity contribution in [1.82, 2.24) is 9.97 Å². The summed E-state index contributed by atoms with van der Waals surface area (Å²) in [4.78, 5) is 21.0. The minimum absolute atomic E-state index is 0.338. The highest BCUT2D eigenvalue weighted by molar-refractivity contribution is 6.30. The molecular formula is C22H21ClN2O3. The Labute approximate surface area is 169 Å². The Balaban J connectivity index is 1.92. The number of hydrogen-bond donors (Lipinski definition) is 0. The van der Waals surface area contributed by atoms with Gasteiger partial charge in [-0.3, -0.25) is 0 Å². The fourth-order valence-corrected chi connectivity index (χ4v) is 2.90. The molecule has 0 unspecified atom stereocenters. The molecule has 3 aromatic rings. The number of nitrogens with zero attached hydrogens (tertiary/aromatic N) is 2. The van der Waals surface area contributed by atoms with Crippen LogP contribution in [0.25, 0.3) is 11.4 Å². The molecule has 0 aliphatic carbocycles. The van der Waals surface area contributed by atoms with E-state index >= 15 is 0 Å². The van der Waals surface area contributed by atoms with E-state index in [0.717, 1.165) is 23.2 Å². The summed E-state index contributed by atoms with van der Waals surface area (Å²) in [7, 11) is 0. The second-order valence-corrected chi connectivity index (χ2v) is 6.56. The molecule has 0 spiro atoms. The first-order valence-electron chi connectivity index (χ1n) is 9.10. The molecule has 2 aromatic carbocycles. The molecule has 0 saturated carbocycles. The number of rotatable bonds is 6. The average molecular weight is 397 g/mol. The molecule has 144 valence electrons. The van der Waals surface area contributed by atoms with Crippen molar-refractivity contribution in [2.75, 3.05) is 6.61 Å². The van der Waals surface area contributed by atoms with Crippen LogP contribution in [0.3, 0.4) is 0 Å². The lowest BCUT2D eigenvalue weighted by atomic mass is 10.1. The molecule has 0 N–H and O–H groups in total. The van der Waals surface area contributed by atoms with E-state index in [1.165, 1.54) is 0 Å². The first-order valence-corrected chi connectivity index (χ1v) is 9.48. The highest BCUT2D eigenvalue weighted by Gasteiger charge is 2.14. The van der Waals surface area contributed by atoms with Gasteiger partial charge in [-0.2, -0.15) is 4.98 Å². The van der Waals surface area contributed by atoms with Crippen LogP contribution in [-0.4, -0.2) is 22.5 Å². The summed E-state index contributed by atoms with van der Waals surface area (Å²) in [6, 6.07) is 14.2. The number of aryl methyl sites for hydroxylation is 1. The summed E-state index contributed by atoms with van der Waals surface area (Å²) in [6.45, 7) is 6.09. The van der Waals surface area contributed by atoms with Crippen molar-refractivity contribution in [3.63, 3.8) is 0 Å². The van der Waals surface area contributed by atoms with Crippen molar-refractivity contribution >= 4 is 17.6 Å². The van der Waals surface area contributed by atoms with Crippen LogP contribution in [0.1, 0.15) is 35.5 Å². The second-order valence-electron chi connectivity index (χ2n) is 6.12. The van der Waals surface area contributed by atoms with Gasteiger partial charge in [-0.1, -0.05) is 18.5 Å². The van der Waals surface area contributed by atoms with Crippen molar-refractivity contribution in [3.8, 4) is 23.0 Å². The van der Waals surface area contributed by atoms with Crippen LogP contribution in [0.2, 0.25) is 5.02 Å². The molecule has 0 fully saturated rings. The fraction of sp³-hybridized carbons (Fsp3) is 0.227. The SMILES string of the molecule is CCOC(=O)c1ccc(Oc2nc(-c3ccc(Cl)cc3)nc(C)c2CC)cc1. The van der Waals surface area contributed by atoms with E-state index in [2.05, 4.69) is 9.97 Å². The molecule has 0 aliphatic heterocycles. The van der Waals surface area contributed by atoms with Crippen molar-refractivity contribution in [2.24, 2.45) is 0 Å². The molecule has 1 aromatic heterocycles. The monoisotopic (exact) mass is 396 g/mol. The van der Waals surface area contributed by atoms with E-state index in [1.54, 1.807) is 43.3 Å². The van der Waals surface area contributed by atoms with Crippen LogP contribution in [0.4, 0.5) is 0 Å². The third-order valence-electron chi connectivity index (χ3n) is 4.21. The zero-order valence-corrected chi connectivity index (χ0v) is 16.8. The van der Waals surface area contributed by atoms with Crippen LogP contribution in [0, 0.1) is 6.92 Å². The summed E-state index contributed by atoms with van der Waals surface area (Å²) in [5.74, 6) is 1.31. The van der Waals surface area contributed by atoms with Crippen LogP contribution in [-0.2, 0) is 11.2 Å². The van der Waals surface area contributed by atoms with E-state index < -0.39 is 0 Å². The van der Waals surface area contributed by atoms with Crippen LogP contribution in [0.5, 0.6) is 11.6 Å². The Morgan fingerprint density at radius 2 is 1.68 bits per heavy atom. The first kappa shape index (κ1) is 19.8. The number of halogens is 1. The number of carbonyl (C=O) groups is 1. The number of hydrogen-bond acceptors (Lipinski definition) is 5. The normalized spacial score (nSPS) is 10.6. The van der Waals surface area contributed by atoms with Gasteiger partial charge in [0.25, 0.3) is 0 Å². The summed E-state index contributed by atoms with van der Waals surface area (Å²) in [5, 5.41) is 0.656. The topological polar surface area (TPSA) is 61.3 Å². The third-order valence-corrected chi connectivity index (χ3v) is 4.46. The minimum atomic E-state index is -0.355. The molecule has 0 saturated heterocycles. The van der Waals surface area contributed by atoms with Gasteiger partial charge >= 0.3 is 5.97 Å². The van der Waals surface area contributed by atoms with Gasteiger partial charge in [-0.25, -0.2) is 9.78 Å². The predicted octanol–water partition coefficient (Wildman–Crippen LogP) is 5.64. The molecule has 0 bridgehead atoms. The maximum absolute atomic E-state index is 11.8. The van der Waals surface area contributed by atoms with Gasteiger partial charge in [0.15, 0.2) is 5.82 Å². The number of benzene rings is 2. The number of aromatic nitrogens is 2. The molecular weight excluding hydrogens is 376 g/mol. The van der Waals surface area contributed by atoms with E-state index in [-0.39, 0.29) is 5.97 Å². The molecule has 0 atom stereocenters. The van der Waals surface area contributed by atoms with Crippen LogP contribution >= 0.6 is 11.6 Å². The number of esters is 1. The molecule has 1 heterocycles. The van der Waals surface area contributed by atoms with Gasteiger partial charge in [0.1, 0.15) is 5.75 Å². The van der Waals surface area contributed by atoms with E-state index in [1.807, 2.05) is 26.0 Å². The van der Waals surface area contributed by atoms with Gasteiger partial charge in [0.05, 0.1) is 12.2 Å². The van der Waals surface area contributed by atoms with Gasteiger partial charge < -0.3 is 9.47 Å². The van der Waals surface area contributed by atoms with Crippen LogP contribution < -0.4 is 4.74 Å². The fourth-order valence-electron chi connectivity index (χ4n) is 2.77. The molecule has 0 amide bonds. The lowest BCUT2D eigenvalue weighted by Gasteiger charge is -2.13. The first-order chi connectivity index (χ1) is 13.5. The lowest BCUT2D eigenvalue weighted by molar-refractivity contribution is 0.0526. The largest absolute Gasteiger partial charge is 0.462 e. The molecule has 3 rings (SSSR count). The Kier molecular flexibility index (Phi) is 6.26. The second kappa shape index (κ2) is 8.85. The number of carbonyl (C=O) groups excluding carboxylic acids is 1. The van der Waals surface area contributed by atoms with E-state index in [0.29, 0.717) is 34.6 Å². The Morgan fingerprint density at radius 3 is 2.29 bits per heavy atom. The molecule has 28 heavy (non-hydrogen) atoms. The molecule has 6 heteroatoms. The Morgan fingerprint density at radius 1 is 1.00 bits per heavy atom. The van der Waals surface area contributed by atoms with Crippen molar-refractivity contribution in [2.45, 2.75) is 27.2 Å². The minimum Gasteiger partial charge on any atom is -0.462 e. The van der Waals surface area contributed by atoms with Crippen molar-refractivity contribution in [1.29, 1.82) is 0 Å². The lowest BCUT2D eigenvalue weighted by Crippen LogP contribution is -2.05. The summed E-state index contributed by atoms with van der Waals surface area (Å²) < 4.78 is 11.0. The van der Waals surface area contributed by atoms with Crippen LogP contribution in [0.15, 0.2) is 48.5 Å². The maximum atomic E-state index is 11.8. The maximum Gasteiger partial charge on any atom is 0.338 e. The zero-order chi connectivity index (χ0) is 20.1. The smallest absolute Gasteiger partial charge is 0.338 e. The van der Waals surface area contributed by atoms with Gasteiger partial charge in [-0.05, 0) is 68.8 Å². The highest BCUT2D eigenvalue weighted by Crippen LogP contribution is 2.29. The van der Waals surface area contributed by atoms with E-state index in [9.17, 15) is 4.79 Å². The van der Waals surface area contributed by atoms with Crippen molar-refractivity contribution in [3.05, 3.63) is 70.4 Å². The molecule has 0 radical (unpaired) electrons. The van der Waals surface area contributed by atoms with Gasteiger partial charge in [0.2, 0.25) is 5.88 Å². The standard InChI is InChI=1S/C22H21ClN2O3/c1-4-19-14(3)24-20(15-6-10-17(23)11-7-15)25-21(19)28-18-12-8-16(9-13-18)22(26)27-5-2/h6-13H,4-5H2,1-3H3. The zero-order valence-electron chi connectivity index (χ0n) is 16.0. The summed E-state index contributed by atoms with van der Waals surface area (Å²) in [6.07, 6.45) is 0.739. The van der Waals surface area contributed by atoms with Gasteiger partial charge in [0, 0.05) is 21.8 Å². The quantitative estimate of drug-likeness (QED) is 0.505. The summed E-state index contributed by atoms with van der Waals surface area (Å²) >= 11 is 5.97. The predicted molar refractivity (Wildman–Crippen MR) is 109 cm³/mol. The molecule has 5 nitrogen and oxygen atoms in total.